The van der Waals surface area contributed by atoms with Crippen LogP contribution in [0.25, 0.3) is 0 Å². The lowest BCUT2D eigenvalue weighted by Gasteiger charge is -2.27. The summed E-state index contributed by atoms with van der Waals surface area (Å²) in [5, 5.41) is 13.3. The number of rotatable bonds is 6. The zero-order valence-electron chi connectivity index (χ0n) is 10.3. The summed E-state index contributed by atoms with van der Waals surface area (Å²) in [5.41, 5.74) is -0.720. The predicted molar refractivity (Wildman–Crippen MR) is 77.9 cm³/mol. The first-order chi connectivity index (χ1) is 7.80. The summed E-state index contributed by atoms with van der Waals surface area (Å²) in [6, 6.07) is 2.00. The van der Waals surface area contributed by atoms with E-state index in [4.69, 9.17) is 11.6 Å². The van der Waals surface area contributed by atoms with Gasteiger partial charge < -0.3 is 15.3 Å². The highest BCUT2D eigenvalue weighted by atomic mass is 79.9. The molecule has 1 aromatic rings. The van der Waals surface area contributed by atoms with Gasteiger partial charge in [0, 0.05) is 29.0 Å². The van der Waals surface area contributed by atoms with Crippen LogP contribution in [0.5, 0.6) is 0 Å². The quantitative estimate of drug-likeness (QED) is 0.835. The van der Waals surface area contributed by atoms with Crippen molar-refractivity contribution in [2.24, 2.45) is 0 Å². The van der Waals surface area contributed by atoms with Crippen LogP contribution in [0.15, 0.2) is 10.5 Å². The molecule has 0 radical (unpaired) electrons. The Morgan fingerprint density at radius 2 is 2.24 bits per heavy atom. The lowest BCUT2D eigenvalue weighted by molar-refractivity contribution is 0.0336. The third-order valence-electron chi connectivity index (χ3n) is 2.16. The second-order valence-corrected chi connectivity index (χ2v) is 7.27. The molecule has 1 atom stereocenters. The third-order valence-corrected chi connectivity index (χ3v) is 4.63. The van der Waals surface area contributed by atoms with Gasteiger partial charge >= 0.3 is 0 Å². The van der Waals surface area contributed by atoms with E-state index in [-0.39, 0.29) is 0 Å². The number of likely N-dealkylation sites (N-methyl/N-ethyl adjacent to an activating group) is 1. The molecule has 98 valence electrons. The maximum Gasteiger partial charge on any atom is 0.107 e. The molecule has 1 aromatic heterocycles. The molecule has 0 amide bonds. The number of hydrogen-bond donors (Lipinski definition) is 2. The molecule has 1 rings (SSSR count). The fourth-order valence-electron chi connectivity index (χ4n) is 1.67. The summed E-state index contributed by atoms with van der Waals surface area (Å²) in [4.78, 5) is 3.13. The van der Waals surface area contributed by atoms with Crippen molar-refractivity contribution >= 4 is 38.9 Å². The first-order valence-corrected chi connectivity index (χ1v) is 7.30. The highest BCUT2D eigenvalue weighted by Gasteiger charge is 2.20. The summed E-state index contributed by atoms with van der Waals surface area (Å²) in [6.45, 7) is 3.74. The van der Waals surface area contributed by atoms with Crippen LogP contribution in [0.4, 0.5) is 0 Å². The molecule has 0 aromatic carbocycles. The third kappa shape index (κ3) is 5.68. The molecule has 6 heteroatoms. The van der Waals surface area contributed by atoms with Gasteiger partial charge in [-0.05, 0) is 43.0 Å². The van der Waals surface area contributed by atoms with Crippen molar-refractivity contribution in [2.75, 3.05) is 27.2 Å². The number of thiophene rings is 1. The van der Waals surface area contributed by atoms with E-state index in [0.29, 0.717) is 13.1 Å². The topological polar surface area (TPSA) is 35.5 Å². The van der Waals surface area contributed by atoms with Gasteiger partial charge in [-0.15, -0.1) is 11.3 Å². The van der Waals surface area contributed by atoms with Crippen molar-refractivity contribution in [3.05, 3.63) is 19.8 Å². The van der Waals surface area contributed by atoms with Crippen molar-refractivity contribution in [2.45, 2.75) is 19.1 Å². The van der Waals surface area contributed by atoms with Crippen LogP contribution in [0, 0.1) is 0 Å². The van der Waals surface area contributed by atoms with Crippen LogP contribution >= 0.6 is 38.9 Å². The van der Waals surface area contributed by atoms with Gasteiger partial charge in [-0.3, -0.25) is 0 Å². The Labute approximate surface area is 120 Å². The van der Waals surface area contributed by atoms with Gasteiger partial charge in [-0.1, -0.05) is 11.6 Å². The Morgan fingerprint density at radius 1 is 1.59 bits per heavy atom. The van der Waals surface area contributed by atoms with Crippen molar-refractivity contribution in [3.63, 3.8) is 0 Å². The standard InChI is InChI=1S/C11H18BrClN2OS/c1-11(16,7-15(2)3)6-14-5-8-4-9(12)10(13)17-8/h4,14,16H,5-7H2,1-3H3/t11-/m1/s1. The molecule has 3 nitrogen and oxygen atoms in total. The molecular formula is C11H18BrClN2OS. The van der Waals surface area contributed by atoms with Crippen LogP contribution in [0.3, 0.4) is 0 Å². The second-order valence-electron chi connectivity index (χ2n) is 4.67. The molecule has 0 saturated heterocycles. The molecule has 0 aliphatic rings. The minimum Gasteiger partial charge on any atom is -0.388 e. The van der Waals surface area contributed by atoms with Gasteiger partial charge in [0.1, 0.15) is 4.34 Å². The lowest BCUT2D eigenvalue weighted by atomic mass is 10.1. The Hall–Kier alpha value is 0.350. The fraction of sp³-hybridized carbons (Fsp3) is 0.636. The molecule has 0 saturated carbocycles. The highest BCUT2D eigenvalue weighted by Crippen LogP contribution is 2.31. The molecule has 0 aliphatic heterocycles. The maximum absolute atomic E-state index is 10.1. The van der Waals surface area contributed by atoms with Crippen molar-refractivity contribution in [3.8, 4) is 0 Å². The van der Waals surface area contributed by atoms with Crippen LogP contribution in [-0.4, -0.2) is 42.8 Å². The zero-order chi connectivity index (χ0) is 13.1. The van der Waals surface area contributed by atoms with E-state index in [1.54, 1.807) is 11.3 Å². The molecule has 0 spiro atoms. The normalized spacial score (nSPS) is 15.2. The molecule has 1 heterocycles. The first kappa shape index (κ1) is 15.4. The highest BCUT2D eigenvalue weighted by molar-refractivity contribution is 9.10. The van der Waals surface area contributed by atoms with Gasteiger partial charge in [0.05, 0.1) is 5.60 Å². The second kappa shape index (κ2) is 6.50. The summed E-state index contributed by atoms with van der Waals surface area (Å²) in [6.07, 6.45) is 0. The molecule has 0 fully saturated rings. The van der Waals surface area contributed by atoms with E-state index >= 15 is 0 Å². The van der Waals surface area contributed by atoms with Gasteiger partial charge in [0.15, 0.2) is 0 Å². The number of hydrogen-bond acceptors (Lipinski definition) is 4. The van der Waals surface area contributed by atoms with Crippen LogP contribution < -0.4 is 5.32 Å². The summed E-state index contributed by atoms with van der Waals surface area (Å²) < 4.78 is 1.70. The van der Waals surface area contributed by atoms with Gasteiger partial charge in [-0.25, -0.2) is 0 Å². The maximum atomic E-state index is 10.1. The SMILES string of the molecule is CN(C)C[C@](C)(O)CNCc1cc(Br)c(Cl)s1. The number of halogens is 2. The monoisotopic (exact) mass is 340 g/mol. The minimum absolute atomic E-state index is 0.554. The van der Waals surface area contributed by atoms with E-state index < -0.39 is 5.60 Å². The van der Waals surface area contributed by atoms with E-state index in [1.807, 2.05) is 32.0 Å². The van der Waals surface area contributed by atoms with Crippen molar-refractivity contribution < 1.29 is 5.11 Å². The molecule has 0 bridgehead atoms. The summed E-state index contributed by atoms with van der Waals surface area (Å²) >= 11 is 10.9. The Bertz CT molecular complexity index is 349. The van der Waals surface area contributed by atoms with E-state index in [9.17, 15) is 5.11 Å². The van der Waals surface area contributed by atoms with E-state index in [0.717, 1.165) is 20.2 Å². The van der Waals surface area contributed by atoms with Crippen LogP contribution in [0.2, 0.25) is 4.34 Å². The summed E-state index contributed by atoms with van der Waals surface area (Å²) in [7, 11) is 3.90. The van der Waals surface area contributed by atoms with Gasteiger partial charge in [-0.2, -0.15) is 0 Å². The van der Waals surface area contributed by atoms with Gasteiger partial charge in [0.25, 0.3) is 0 Å². The van der Waals surface area contributed by atoms with Crippen LogP contribution in [0.1, 0.15) is 11.8 Å². The Morgan fingerprint density at radius 3 is 2.71 bits per heavy atom. The average molecular weight is 342 g/mol. The van der Waals surface area contributed by atoms with Crippen LogP contribution in [-0.2, 0) is 6.54 Å². The fourth-order valence-corrected chi connectivity index (χ4v) is 3.43. The molecular weight excluding hydrogens is 324 g/mol. The number of nitrogens with one attached hydrogen (secondary N) is 1. The van der Waals surface area contributed by atoms with Crippen molar-refractivity contribution in [1.82, 2.24) is 10.2 Å². The molecule has 0 aliphatic carbocycles. The van der Waals surface area contributed by atoms with E-state index in [1.165, 1.54) is 0 Å². The molecule has 17 heavy (non-hydrogen) atoms. The zero-order valence-corrected chi connectivity index (χ0v) is 13.4. The lowest BCUT2D eigenvalue weighted by Crippen LogP contribution is -2.45. The largest absolute Gasteiger partial charge is 0.388 e. The smallest absolute Gasteiger partial charge is 0.107 e. The Kier molecular flexibility index (Phi) is 5.89. The average Bonchev–Trinajstić information content (AvgIpc) is 2.43. The summed E-state index contributed by atoms with van der Waals surface area (Å²) in [5.74, 6) is 0. The van der Waals surface area contributed by atoms with Gasteiger partial charge in [0.2, 0.25) is 0 Å². The number of nitrogens with zero attached hydrogens (tertiary/aromatic N) is 1. The molecule has 2 N–H and O–H groups in total. The molecule has 0 unspecified atom stereocenters. The van der Waals surface area contributed by atoms with E-state index in [2.05, 4.69) is 21.2 Å². The predicted octanol–water partition coefficient (Wildman–Crippen LogP) is 2.57. The minimum atomic E-state index is -0.720. The Balaban J connectivity index is 2.37. The van der Waals surface area contributed by atoms with Crippen molar-refractivity contribution in [1.29, 1.82) is 0 Å². The first-order valence-electron chi connectivity index (χ1n) is 5.32. The number of aliphatic hydroxyl groups is 1.